The second-order valence-corrected chi connectivity index (χ2v) is 6.64. The van der Waals surface area contributed by atoms with Gasteiger partial charge in [-0.2, -0.15) is 0 Å². The number of ether oxygens (including phenoxy) is 3. The first kappa shape index (κ1) is 16.8. The van der Waals surface area contributed by atoms with Crippen LogP contribution in [0, 0.1) is 6.42 Å². The van der Waals surface area contributed by atoms with Crippen molar-refractivity contribution in [3.63, 3.8) is 0 Å². The fraction of sp³-hybridized carbons (Fsp3) is 0.318. The number of nitrogens with one attached hydrogen (secondary N) is 1. The number of benzene rings is 2. The fourth-order valence-corrected chi connectivity index (χ4v) is 3.41. The molecular formula is C22H24NO3. The molecule has 1 radical (unpaired) electrons. The Morgan fingerprint density at radius 1 is 1.19 bits per heavy atom. The molecule has 0 bridgehead atoms. The number of hydrogen-bond acceptors (Lipinski definition) is 3. The lowest BCUT2D eigenvalue weighted by atomic mass is 10.0. The van der Waals surface area contributed by atoms with Crippen LogP contribution in [0.1, 0.15) is 24.8 Å². The molecule has 1 N–H and O–H groups in total. The van der Waals surface area contributed by atoms with Gasteiger partial charge in [0.25, 0.3) is 0 Å². The van der Waals surface area contributed by atoms with E-state index in [4.69, 9.17) is 14.2 Å². The van der Waals surface area contributed by atoms with Crippen molar-refractivity contribution in [3.05, 3.63) is 60.6 Å². The molecule has 3 aromatic rings. The van der Waals surface area contributed by atoms with Crippen LogP contribution in [-0.4, -0.2) is 24.8 Å². The number of hydrogen-bond donors (Lipinski definition) is 1. The third kappa shape index (κ3) is 3.64. The van der Waals surface area contributed by atoms with Gasteiger partial charge in [0.05, 0.1) is 7.11 Å². The molecule has 0 aliphatic carbocycles. The maximum absolute atomic E-state index is 5.99. The van der Waals surface area contributed by atoms with Crippen molar-refractivity contribution in [2.45, 2.75) is 31.8 Å². The Morgan fingerprint density at radius 3 is 2.96 bits per heavy atom. The summed E-state index contributed by atoms with van der Waals surface area (Å²) in [5.74, 6) is 2.60. The topological polar surface area (TPSA) is 43.5 Å². The van der Waals surface area contributed by atoms with Crippen molar-refractivity contribution < 1.29 is 14.2 Å². The van der Waals surface area contributed by atoms with Crippen molar-refractivity contribution in [2.24, 2.45) is 0 Å². The van der Waals surface area contributed by atoms with Gasteiger partial charge in [0, 0.05) is 17.1 Å². The second kappa shape index (κ2) is 7.73. The van der Waals surface area contributed by atoms with E-state index in [1.165, 1.54) is 10.9 Å². The average molecular weight is 350 g/mol. The molecule has 1 aliphatic rings. The Morgan fingerprint density at radius 2 is 2.08 bits per heavy atom. The summed E-state index contributed by atoms with van der Waals surface area (Å²) in [6.45, 7) is 0.621. The Hall–Kier alpha value is -2.62. The maximum Gasteiger partial charge on any atom is 0.161 e. The fourth-order valence-electron chi connectivity index (χ4n) is 3.41. The SMILES string of the molecule is COc1ccc2[nH]cc(CCC[CH]CC3COc4ccccc4O3)c2c1. The number of fused-ring (bicyclic) bond motifs is 2. The zero-order chi connectivity index (χ0) is 17.8. The van der Waals surface area contributed by atoms with E-state index in [1.807, 2.05) is 30.3 Å². The predicted octanol–water partition coefficient (Wildman–Crippen LogP) is 4.93. The molecule has 0 saturated heterocycles. The Bertz CT molecular complexity index is 871. The number of H-pyrrole nitrogens is 1. The first-order valence-corrected chi connectivity index (χ1v) is 9.17. The van der Waals surface area contributed by atoms with E-state index in [1.54, 1.807) is 7.11 Å². The van der Waals surface area contributed by atoms with Crippen LogP contribution in [0.2, 0.25) is 0 Å². The second-order valence-electron chi connectivity index (χ2n) is 6.64. The van der Waals surface area contributed by atoms with Crippen molar-refractivity contribution in [1.82, 2.24) is 4.98 Å². The highest BCUT2D eigenvalue weighted by Gasteiger charge is 2.19. The van der Waals surface area contributed by atoms with Gasteiger partial charge in [-0.3, -0.25) is 0 Å². The summed E-state index contributed by atoms with van der Waals surface area (Å²) in [4.78, 5) is 3.34. The number of methoxy groups -OCH3 is 1. The van der Waals surface area contributed by atoms with E-state index in [0.717, 1.165) is 48.4 Å². The van der Waals surface area contributed by atoms with Gasteiger partial charge in [-0.05, 0) is 68.0 Å². The minimum atomic E-state index is 0.113. The molecule has 2 aromatic carbocycles. The lowest BCUT2D eigenvalue weighted by molar-refractivity contribution is 0.0900. The number of aromatic amines is 1. The van der Waals surface area contributed by atoms with Crippen LogP contribution in [0.15, 0.2) is 48.7 Å². The summed E-state index contributed by atoms with van der Waals surface area (Å²) in [5, 5.41) is 1.25. The van der Waals surface area contributed by atoms with Crippen LogP contribution in [-0.2, 0) is 6.42 Å². The van der Waals surface area contributed by atoms with E-state index in [9.17, 15) is 0 Å². The lowest BCUT2D eigenvalue weighted by Crippen LogP contribution is -2.29. The molecule has 135 valence electrons. The molecule has 1 aliphatic heterocycles. The van der Waals surface area contributed by atoms with Gasteiger partial charge in [-0.15, -0.1) is 0 Å². The first-order chi connectivity index (χ1) is 12.8. The van der Waals surface area contributed by atoms with E-state index < -0.39 is 0 Å². The van der Waals surface area contributed by atoms with Crippen LogP contribution in [0.4, 0.5) is 0 Å². The van der Waals surface area contributed by atoms with Crippen LogP contribution in [0.5, 0.6) is 17.2 Å². The molecule has 4 heteroatoms. The molecular weight excluding hydrogens is 326 g/mol. The quantitative estimate of drug-likeness (QED) is 0.614. The molecule has 2 heterocycles. The molecule has 0 amide bonds. The zero-order valence-corrected chi connectivity index (χ0v) is 15.0. The smallest absolute Gasteiger partial charge is 0.161 e. The monoisotopic (exact) mass is 350 g/mol. The summed E-state index contributed by atoms with van der Waals surface area (Å²) in [6.07, 6.45) is 8.69. The number of rotatable bonds is 7. The third-order valence-electron chi connectivity index (χ3n) is 4.83. The minimum Gasteiger partial charge on any atom is -0.497 e. The van der Waals surface area contributed by atoms with Gasteiger partial charge >= 0.3 is 0 Å². The highest BCUT2D eigenvalue weighted by molar-refractivity contribution is 5.84. The Balaban J connectivity index is 1.24. The summed E-state index contributed by atoms with van der Waals surface area (Å²) in [5.41, 5.74) is 2.51. The van der Waals surface area contributed by atoms with E-state index in [0.29, 0.717) is 6.61 Å². The van der Waals surface area contributed by atoms with Gasteiger partial charge in [0.1, 0.15) is 18.5 Å². The predicted molar refractivity (Wildman–Crippen MR) is 103 cm³/mol. The van der Waals surface area contributed by atoms with Crippen LogP contribution >= 0.6 is 0 Å². The Labute approximate surface area is 154 Å². The van der Waals surface area contributed by atoms with Crippen molar-refractivity contribution in [1.29, 1.82) is 0 Å². The highest BCUT2D eigenvalue weighted by Crippen LogP contribution is 2.32. The van der Waals surface area contributed by atoms with Crippen molar-refractivity contribution in [2.75, 3.05) is 13.7 Å². The normalized spacial score (nSPS) is 16.0. The maximum atomic E-state index is 5.99. The van der Waals surface area contributed by atoms with E-state index in [-0.39, 0.29) is 6.10 Å². The molecule has 0 fully saturated rings. The van der Waals surface area contributed by atoms with Crippen molar-refractivity contribution >= 4 is 10.9 Å². The summed E-state index contributed by atoms with van der Waals surface area (Å²) < 4.78 is 17.1. The summed E-state index contributed by atoms with van der Waals surface area (Å²) in [7, 11) is 1.71. The summed E-state index contributed by atoms with van der Waals surface area (Å²) >= 11 is 0. The number of aryl methyl sites for hydroxylation is 1. The molecule has 26 heavy (non-hydrogen) atoms. The average Bonchev–Trinajstić information content (AvgIpc) is 3.09. The number of aromatic nitrogens is 1. The molecule has 1 atom stereocenters. The van der Waals surface area contributed by atoms with Crippen LogP contribution < -0.4 is 14.2 Å². The van der Waals surface area contributed by atoms with Crippen LogP contribution in [0.3, 0.4) is 0 Å². The molecule has 0 spiro atoms. The molecule has 1 unspecified atom stereocenters. The third-order valence-corrected chi connectivity index (χ3v) is 4.83. The number of unbranched alkanes of at least 4 members (excludes halogenated alkanes) is 2. The lowest BCUT2D eigenvalue weighted by Gasteiger charge is -2.26. The van der Waals surface area contributed by atoms with Gasteiger partial charge in [-0.25, -0.2) is 0 Å². The number of para-hydroxylation sites is 2. The van der Waals surface area contributed by atoms with Gasteiger partial charge in [0.15, 0.2) is 11.5 Å². The van der Waals surface area contributed by atoms with Crippen molar-refractivity contribution in [3.8, 4) is 17.2 Å². The Kier molecular flexibility index (Phi) is 5.00. The summed E-state index contributed by atoms with van der Waals surface area (Å²) in [6, 6.07) is 14.0. The van der Waals surface area contributed by atoms with E-state index in [2.05, 4.69) is 29.7 Å². The molecule has 1 aromatic heterocycles. The molecule has 4 nitrogen and oxygen atoms in total. The van der Waals surface area contributed by atoms with Crippen LogP contribution in [0.25, 0.3) is 10.9 Å². The van der Waals surface area contributed by atoms with E-state index >= 15 is 0 Å². The zero-order valence-electron chi connectivity index (χ0n) is 15.0. The van der Waals surface area contributed by atoms with Gasteiger partial charge in [0.2, 0.25) is 0 Å². The standard InChI is InChI=1S/C22H24NO3/c1-24-17-11-12-20-19(13-17)16(14-23-20)7-3-2-4-8-18-15-25-21-9-5-6-10-22(21)26-18/h4-6,9-14,18,23H,2-3,7-8,15H2,1H3. The largest absolute Gasteiger partial charge is 0.497 e. The minimum absolute atomic E-state index is 0.113. The molecule has 4 rings (SSSR count). The highest BCUT2D eigenvalue weighted by atomic mass is 16.6. The van der Waals surface area contributed by atoms with Gasteiger partial charge < -0.3 is 19.2 Å². The molecule has 0 saturated carbocycles. The van der Waals surface area contributed by atoms with Gasteiger partial charge in [-0.1, -0.05) is 12.1 Å². The first-order valence-electron chi connectivity index (χ1n) is 9.17.